The fourth-order valence-corrected chi connectivity index (χ4v) is 4.01. The molecule has 6 nitrogen and oxygen atoms in total. The van der Waals surface area contributed by atoms with Crippen LogP contribution in [0.2, 0.25) is 5.02 Å². The molecule has 2 N–H and O–H groups in total. The lowest BCUT2D eigenvalue weighted by atomic mass is 9.95. The van der Waals surface area contributed by atoms with Crippen molar-refractivity contribution in [2.75, 3.05) is 13.2 Å². The number of aliphatic hydroxyl groups is 1. The van der Waals surface area contributed by atoms with Crippen molar-refractivity contribution < 1.29 is 24.5 Å². The molecule has 0 saturated carbocycles. The summed E-state index contributed by atoms with van der Waals surface area (Å²) in [6.45, 7) is 0.860. The third-order valence-electron chi connectivity index (χ3n) is 5.27. The van der Waals surface area contributed by atoms with Crippen molar-refractivity contribution in [3.63, 3.8) is 0 Å². The molecule has 29 heavy (non-hydrogen) atoms. The number of phenolic OH excluding ortho intramolecular Hbond substituents is 1. The van der Waals surface area contributed by atoms with E-state index in [1.807, 2.05) is 0 Å². The molecule has 2 aliphatic rings. The molecule has 0 unspecified atom stereocenters. The minimum atomic E-state index is -0.818. The van der Waals surface area contributed by atoms with E-state index in [1.165, 1.54) is 17.0 Å². The zero-order valence-corrected chi connectivity index (χ0v) is 16.3. The number of likely N-dealkylation sites (tertiary alicyclic amines) is 1. The predicted molar refractivity (Wildman–Crippen MR) is 108 cm³/mol. The summed E-state index contributed by atoms with van der Waals surface area (Å²) in [6, 6.07) is 11.9. The molecule has 4 rings (SSSR count). The van der Waals surface area contributed by atoms with E-state index in [0.717, 1.165) is 12.8 Å². The Kier molecular flexibility index (Phi) is 5.30. The monoisotopic (exact) mass is 413 g/mol. The zero-order valence-electron chi connectivity index (χ0n) is 15.5. The van der Waals surface area contributed by atoms with Crippen molar-refractivity contribution in [3.05, 3.63) is 70.3 Å². The summed E-state index contributed by atoms with van der Waals surface area (Å²) in [5.74, 6) is -1.71. The number of aromatic hydroxyl groups is 1. The van der Waals surface area contributed by atoms with Gasteiger partial charge < -0.3 is 19.8 Å². The van der Waals surface area contributed by atoms with Crippen molar-refractivity contribution in [2.24, 2.45) is 0 Å². The van der Waals surface area contributed by atoms with Crippen LogP contribution in [0.15, 0.2) is 54.1 Å². The molecule has 0 radical (unpaired) electrons. The van der Waals surface area contributed by atoms with E-state index < -0.39 is 17.7 Å². The first kappa shape index (κ1) is 19.5. The number of halogens is 1. The lowest BCUT2D eigenvalue weighted by molar-refractivity contribution is -0.140. The van der Waals surface area contributed by atoms with E-state index in [0.29, 0.717) is 22.8 Å². The molecule has 2 aliphatic heterocycles. The third kappa shape index (κ3) is 3.73. The molecule has 0 aromatic heterocycles. The molecule has 2 aromatic carbocycles. The van der Waals surface area contributed by atoms with E-state index in [2.05, 4.69) is 0 Å². The van der Waals surface area contributed by atoms with Gasteiger partial charge in [0.15, 0.2) is 0 Å². The number of phenols is 1. The molecule has 2 aromatic rings. The Labute approximate surface area is 173 Å². The molecule has 150 valence electrons. The molecule has 2 atom stereocenters. The number of hydrogen-bond donors (Lipinski definition) is 2. The summed E-state index contributed by atoms with van der Waals surface area (Å²) >= 11 is 5.92. The van der Waals surface area contributed by atoms with Crippen LogP contribution in [-0.4, -0.2) is 46.1 Å². The Morgan fingerprint density at radius 3 is 2.59 bits per heavy atom. The molecule has 2 fully saturated rings. The van der Waals surface area contributed by atoms with Crippen LogP contribution in [0.25, 0.3) is 5.76 Å². The fourth-order valence-electron chi connectivity index (χ4n) is 3.88. The SMILES string of the molecule is O=C1C(=O)N(C[C@H]2CCCO2)[C@@H](c2cccc(O)c2)/C1=C(\O)c1ccc(Cl)cc1. The van der Waals surface area contributed by atoms with Crippen LogP contribution < -0.4 is 0 Å². The lowest BCUT2D eigenvalue weighted by Crippen LogP contribution is -2.36. The number of ether oxygens (including phenoxy) is 1. The van der Waals surface area contributed by atoms with Crippen molar-refractivity contribution in [3.8, 4) is 5.75 Å². The van der Waals surface area contributed by atoms with Crippen LogP contribution in [0, 0.1) is 0 Å². The quantitative estimate of drug-likeness (QED) is 0.454. The number of hydrogen-bond acceptors (Lipinski definition) is 5. The van der Waals surface area contributed by atoms with E-state index in [1.54, 1.807) is 36.4 Å². The van der Waals surface area contributed by atoms with Crippen molar-refractivity contribution in [1.82, 2.24) is 4.90 Å². The summed E-state index contributed by atoms with van der Waals surface area (Å²) in [6.07, 6.45) is 1.53. The van der Waals surface area contributed by atoms with E-state index >= 15 is 0 Å². The summed E-state index contributed by atoms with van der Waals surface area (Å²) in [4.78, 5) is 27.2. The van der Waals surface area contributed by atoms with Gasteiger partial charge in [-0.25, -0.2) is 0 Å². The van der Waals surface area contributed by atoms with Crippen LogP contribution >= 0.6 is 11.6 Å². The first-order chi connectivity index (χ1) is 14.0. The molecule has 2 heterocycles. The molecule has 0 aliphatic carbocycles. The van der Waals surface area contributed by atoms with Crippen molar-refractivity contribution in [2.45, 2.75) is 25.0 Å². The summed E-state index contributed by atoms with van der Waals surface area (Å²) in [5, 5.41) is 21.4. The van der Waals surface area contributed by atoms with Gasteiger partial charge in [0.1, 0.15) is 11.5 Å². The molecule has 0 spiro atoms. The molecule has 2 saturated heterocycles. The Bertz CT molecular complexity index is 979. The van der Waals surface area contributed by atoms with E-state index in [9.17, 15) is 19.8 Å². The van der Waals surface area contributed by atoms with Crippen molar-refractivity contribution in [1.29, 1.82) is 0 Å². The minimum absolute atomic E-state index is 0.0108. The van der Waals surface area contributed by atoms with Gasteiger partial charge in [-0.1, -0.05) is 23.7 Å². The normalized spacial score (nSPS) is 23.7. The predicted octanol–water partition coefficient (Wildman–Crippen LogP) is 3.65. The lowest BCUT2D eigenvalue weighted by Gasteiger charge is -2.27. The highest BCUT2D eigenvalue weighted by molar-refractivity contribution is 6.46. The number of carbonyl (C=O) groups excluding carboxylic acids is 2. The van der Waals surface area contributed by atoms with Crippen LogP contribution in [0.5, 0.6) is 5.75 Å². The Hall–Kier alpha value is -2.83. The fraction of sp³-hybridized carbons (Fsp3) is 0.273. The smallest absolute Gasteiger partial charge is 0.295 e. The highest BCUT2D eigenvalue weighted by atomic mass is 35.5. The first-order valence-electron chi connectivity index (χ1n) is 9.40. The summed E-state index contributed by atoms with van der Waals surface area (Å²) in [5.41, 5.74) is 0.910. The van der Waals surface area contributed by atoms with Gasteiger partial charge >= 0.3 is 0 Å². The van der Waals surface area contributed by atoms with Gasteiger partial charge in [0.05, 0.1) is 17.7 Å². The minimum Gasteiger partial charge on any atom is -0.508 e. The van der Waals surface area contributed by atoms with Crippen molar-refractivity contribution >= 4 is 29.1 Å². The number of Topliss-reactive ketones (excluding diaryl/α,β-unsaturated/α-hetero) is 1. The van der Waals surface area contributed by atoms with Gasteiger partial charge in [0, 0.05) is 23.7 Å². The van der Waals surface area contributed by atoms with E-state index in [-0.39, 0.29) is 29.7 Å². The van der Waals surface area contributed by atoms with Gasteiger partial charge in [-0.2, -0.15) is 0 Å². The number of ketones is 1. The van der Waals surface area contributed by atoms with Gasteiger partial charge in [-0.3, -0.25) is 9.59 Å². The second kappa shape index (κ2) is 7.89. The average Bonchev–Trinajstić information content (AvgIpc) is 3.30. The van der Waals surface area contributed by atoms with E-state index in [4.69, 9.17) is 16.3 Å². The first-order valence-corrected chi connectivity index (χ1v) is 9.78. The molecular formula is C22H20ClNO5. The van der Waals surface area contributed by atoms with Gasteiger partial charge in [0.2, 0.25) is 0 Å². The molecule has 0 bridgehead atoms. The number of nitrogens with zero attached hydrogens (tertiary/aromatic N) is 1. The largest absolute Gasteiger partial charge is 0.508 e. The number of carbonyl (C=O) groups is 2. The second-order valence-corrected chi connectivity index (χ2v) is 7.62. The topological polar surface area (TPSA) is 87.1 Å². The number of benzene rings is 2. The van der Waals surface area contributed by atoms with Crippen LogP contribution in [0.3, 0.4) is 0 Å². The molecule has 1 amide bonds. The second-order valence-electron chi connectivity index (χ2n) is 7.19. The maximum Gasteiger partial charge on any atom is 0.295 e. The standard InChI is InChI=1S/C22H20ClNO5/c23-15-8-6-13(7-9-15)20(26)18-19(14-3-1-4-16(25)11-14)24(22(28)21(18)27)12-17-5-2-10-29-17/h1,3-4,6-9,11,17,19,25-26H,2,5,10,12H2/b20-18+/t17-,19+/m1/s1. The summed E-state index contributed by atoms with van der Waals surface area (Å²) in [7, 11) is 0. The highest BCUT2D eigenvalue weighted by Crippen LogP contribution is 2.40. The average molecular weight is 414 g/mol. The number of aliphatic hydroxyl groups excluding tert-OH is 1. The molecular weight excluding hydrogens is 394 g/mol. The maximum absolute atomic E-state index is 12.9. The molecule has 7 heteroatoms. The third-order valence-corrected chi connectivity index (χ3v) is 5.52. The van der Waals surface area contributed by atoms with Gasteiger partial charge in [0.25, 0.3) is 11.7 Å². The number of rotatable bonds is 4. The maximum atomic E-state index is 12.9. The number of amides is 1. The highest BCUT2D eigenvalue weighted by Gasteiger charge is 2.47. The Morgan fingerprint density at radius 1 is 1.17 bits per heavy atom. The van der Waals surface area contributed by atoms with Crippen LogP contribution in [-0.2, 0) is 14.3 Å². The summed E-state index contributed by atoms with van der Waals surface area (Å²) < 4.78 is 5.65. The Balaban J connectivity index is 1.83. The van der Waals surface area contributed by atoms with Crippen LogP contribution in [0.1, 0.15) is 30.0 Å². The van der Waals surface area contributed by atoms with Gasteiger partial charge in [-0.15, -0.1) is 0 Å². The van der Waals surface area contributed by atoms with Gasteiger partial charge in [-0.05, 0) is 54.8 Å². The van der Waals surface area contributed by atoms with Crippen LogP contribution in [0.4, 0.5) is 0 Å². The Morgan fingerprint density at radius 2 is 1.93 bits per heavy atom. The zero-order chi connectivity index (χ0) is 20.5.